The van der Waals surface area contributed by atoms with Crippen molar-refractivity contribution >= 4 is 17.4 Å². The van der Waals surface area contributed by atoms with Crippen molar-refractivity contribution in [3.8, 4) is 0 Å². The molecule has 20 heavy (non-hydrogen) atoms. The standard InChI is InChI=1S/C15H25ClN4/c1-4-6-13-18-14(16)11(2)15(19-13)17-9-12-7-5-8-20(3)10-12/h12H,4-10H2,1-3H3,(H,17,18,19). The molecular weight excluding hydrogens is 272 g/mol. The molecule has 0 saturated carbocycles. The molecule has 1 aliphatic heterocycles. The van der Waals surface area contributed by atoms with Crippen LogP contribution in [0.4, 0.5) is 5.82 Å². The number of halogens is 1. The fourth-order valence-electron chi connectivity index (χ4n) is 2.72. The van der Waals surface area contributed by atoms with Crippen molar-refractivity contribution in [2.24, 2.45) is 5.92 Å². The maximum absolute atomic E-state index is 6.20. The SMILES string of the molecule is CCCc1nc(Cl)c(C)c(NCC2CCCN(C)C2)n1. The molecule has 0 aliphatic carbocycles. The summed E-state index contributed by atoms with van der Waals surface area (Å²) in [7, 11) is 2.19. The Labute approximate surface area is 126 Å². The monoisotopic (exact) mass is 296 g/mol. The summed E-state index contributed by atoms with van der Waals surface area (Å²) in [5.41, 5.74) is 0.954. The lowest BCUT2D eigenvalue weighted by molar-refractivity contribution is 0.217. The number of likely N-dealkylation sites (tertiary alicyclic amines) is 1. The smallest absolute Gasteiger partial charge is 0.137 e. The van der Waals surface area contributed by atoms with Gasteiger partial charge in [-0.05, 0) is 45.7 Å². The van der Waals surface area contributed by atoms with Crippen molar-refractivity contribution < 1.29 is 0 Å². The Hall–Kier alpha value is -0.870. The Morgan fingerprint density at radius 3 is 2.90 bits per heavy atom. The van der Waals surface area contributed by atoms with E-state index in [0.717, 1.165) is 43.1 Å². The summed E-state index contributed by atoms with van der Waals surface area (Å²) in [5.74, 6) is 2.43. The molecule has 1 fully saturated rings. The van der Waals surface area contributed by atoms with Gasteiger partial charge in [0.15, 0.2) is 0 Å². The maximum atomic E-state index is 6.20. The van der Waals surface area contributed by atoms with Gasteiger partial charge in [0.2, 0.25) is 0 Å². The molecule has 1 saturated heterocycles. The molecule has 0 radical (unpaired) electrons. The first-order valence-corrected chi connectivity index (χ1v) is 7.93. The molecule has 0 amide bonds. The first-order chi connectivity index (χ1) is 9.60. The summed E-state index contributed by atoms with van der Waals surface area (Å²) in [5, 5.41) is 4.06. The van der Waals surface area contributed by atoms with E-state index in [0.29, 0.717) is 11.1 Å². The molecular formula is C15H25ClN4. The minimum absolute atomic E-state index is 0.576. The van der Waals surface area contributed by atoms with Crippen molar-refractivity contribution in [3.63, 3.8) is 0 Å². The number of nitrogens with zero attached hydrogens (tertiary/aromatic N) is 3. The van der Waals surface area contributed by atoms with E-state index in [4.69, 9.17) is 11.6 Å². The zero-order valence-electron chi connectivity index (χ0n) is 12.7. The Kier molecular flexibility index (Phi) is 5.61. The van der Waals surface area contributed by atoms with Crippen LogP contribution in [-0.4, -0.2) is 41.5 Å². The quantitative estimate of drug-likeness (QED) is 0.848. The van der Waals surface area contributed by atoms with Crippen molar-refractivity contribution in [3.05, 3.63) is 16.5 Å². The summed E-state index contributed by atoms with van der Waals surface area (Å²) < 4.78 is 0. The van der Waals surface area contributed by atoms with Gasteiger partial charge in [-0.25, -0.2) is 9.97 Å². The average Bonchev–Trinajstić information content (AvgIpc) is 2.41. The Balaban J connectivity index is 2.00. The summed E-state index contributed by atoms with van der Waals surface area (Å²) in [6.45, 7) is 7.45. The molecule has 0 aromatic carbocycles. The largest absolute Gasteiger partial charge is 0.369 e. The average molecular weight is 297 g/mol. The number of aryl methyl sites for hydroxylation is 1. The van der Waals surface area contributed by atoms with E-state index in [-0.39, 0.29) is 0 Å². The van der Waals surface area contributed by atoms with E-state index in [1.54, 1.807) is 0 Å². The van der Waals surface area contributed by atoms with Crippen LogP contribution in [0.5, 0.6) is 0 Å². The van der Waals surface area contributed by atoms with Crippen molar-refractivity contribution in [2.75, 3.05) is 32.0 Å². The molecule has 1 aromatic heterocycles. The first-order valence-electron chi connectivity index (χ1n) is 7.55. The van der Waals surface area contributed by atoms with Gasteiger partial charge < -0.3 is 10.2 Å². The van der Waals surface area contributed by atoms with Crippen LogP contribution in [0.15, 0.2) is 0 Å². The topological polar surface area (TPSA) is 41.1 Å². The molecule has 4 nitrogen and oxygen atoms in total. The molecule has 112 valence electrons. The highest BCUT2D eigenvalue weighted by Crippen LogP contribution is 2.22. The van der Waals surface area contributed by atoms with Crippen LogP contribution in [0.1, 0.15) is 37.6 Å². The van der Waals surface area contributed by atoms with Gasteiger partial charge in [-0.3, -0.25) is 0 Å². The highest BCUT2D eigenvalue weighted by Gasteiger charge is 2.18. The van der Waals surface area contributed by atoms with Gasteiger partial charge in [-0.15, -0.1) is 0 Å². The first kappa shape index (κ1) is 15.5. The van der Waals surface area contributed by atoms with Crippen LogP contribution < -0.4 is 5.32 Å². The molecule has 1 aromatic rings. The number of rotatable bonds is 5. The third kappa shape index (κ3) is 4.06. The molecule has 2 heterocycles. The number of anilines is 1. The molecule has 0 bridgehead atoms. The van der Waals surface area contributed by atoms with E-state index in [2.05, 4.69) is 34.2 Å². The molecule has 0 spiro atoms. The number of hydrogen-bond acceptors (Lipinski definition) is 4. The summed E-state index contributed by atoms with van der Waals surface area (Å²) >= 11 is 6.20. The highest BCUT2D eigenvalue weighted by atomic mass is 35.5. The lowest BCUT2D eigenvalue weighted by Crippen LogP contribution is -2.35. The normalized spacial score (nSPS) is 20.1. The summed E-state index contributed by atoms with van der Waals surface area (Å²) in [4.78, 5) is 11.3. The van der Waals surface area contributed by atoms with E-state index in [1.807, 2.05) is 6.92 Å². The maximum Gasteiger partial charge on any atom is 0.137 e. The van der Waals surface area contributed by atoms with Crippen molar-refractivity contribution in [1.82, 2.24) is 14.9 Å². The zero-order chi connectivity index (χ0) is 14.5. The Bertz CT molecular complexity index is 450. The molecule has 1 unspecified atom stereocenters. The van der Waals surface area contributed by atoms with Gasteiger partial charge in [0.05, 0.1) is 0 Å². The predicted molar refractivity (Wildman–Crippen MR) is 84.5 cm³/mol. The van der Waals surface area contributed by atoms with Crippen LogP contribution >= 0.6 is 11.6 Å². The second-order valence-electron chi connectivity index (χ2n) is 5.81. The number of piperidine rings is 1. The molecule has 1 aliphatic rings. The minimum atomic E-state index is 0.576. The number of aromatic nitrogens is 2. The third-order valence-corrected chi connectivity index (χ3v) is 4.25. The van der Waals surface area contributed by atoms with Crippen molar-refractivity contribution in [2.45, 2.75) is 39.5 Å². The van der Waals surface area contributed by atoms with Crippen molar-refractivity contribution in [1.29, 1.82) is 0 Å². The van der Waals surface area contributed by atoms with Gasteiger partial charge in [0.1, 0.15) is 16.8 Å². The fourth-order valence-corrected chi connectivity index (χ4v) is 2.91. The van der Waals surface area contributed by atoms with Crippen LogP contribution in [-0.2, 0) is 6.42 Å². The van der Waals surface area contributed by atoms with Crippen LogP contribution in [0, 0.1) is 12.8 Å². The second-order valence-corrected chi connectivity index (χ2v) is 6.16. The summed E-state index contributed by atoms with van der Waals surface area (Å²) in [6.07, 6.45) is 4.48. The second kappa shape index (κ2) is 7.23. The Morgan fingerprint density at radius 2 is 2.20 bits per heavy atom. The lowest BCUT2D eigenvalue weighted by atomic mass is 9.98. The van der Waals surface area contributed by atoms with Crippen LogP contribution in [0.25, 0.3) is 0 Å². The van der Waals surface area contributed by atoms with E-state index in [9.17, 15) is 0 Å². The van der Waals surface area contributed by atoms with E-state index in [1.165, 1.54) is 19.4 Å². The molecule has 1 N–H and O–H groups in total. The van der Waals surface area contributed by atoms with Crippen LogP contribution in [0.2, 0.25) is 5.15 Å². The van der Waals surface area contributed by atoms with Gasteiger partial charge in [0, 0.05) is 25.1 Å². The van der Waals surface area contributed by atoms with Crippen LogP contribution in [0.3, 0.4) is 0 Å². The minimum Gasteiger partial charge on any atom is -0.369 e. The molecule has 2 rings (SSSR count). The summed E-state index contributed by atoms with van der Waals surface area (Å²) in [6, 6.07) is 0. The number of hydrogen-bond donors (Lipinski definition) is 1. The van der Waals surface area contributed by atoms with E-state index >= 15 is 0 Å². The fraction of sp³-hybridized carbons (Fsp3) is 0.733. The number of nitrogens with one attached hydrogen (secondary N) is 1. The third-order valence-electron chi connectivity index (χ3n) is 3.89. The van der Waals surface area contributed by atoms with Gasteiger partial charge in [0.25, 0.3) is 0 Å². The van der Waals surface area contributed by atoms with Gasteiger partial charge in [-0.1, -0.05) is 18.5 Å². The molecule has 1 atom stereocenters. The van der Waals surface area contributed by atoms with Gasteiger partial charge >= 0.3 is 0 Å². The molecule has 5 heteroatoms. The van der Waals surface area contributed by atoms with Gasteiger partial charge in [-0.2, -0.15) is 0 Å². The lowest BCUT2D eigenvalue weighted by Gasteiger charge is -2.30. The highest BCUT2D eigenvalue weighted by molar-refractivity contribution is 6.30. The zero-order valence-corrected chi connectivity index (χ0v) is 13.5. The predicted octanol–water partition coefficient (Wildman–Crippen LogP) is 3.14. The Morgan fingerprint density at radius 1 is 1.40 bits per heavy atom. The van der Waals surface area contributed by atoms with E-state index < -0.39 is 0 Å².